The standard InChI is InChI=1S/C18H14N2O5/c1-10-6-7-11(18(24)25)8-14(10)19-15(21)9-20-16(22)12-4-2-3-5-13(12)17(20)23/h2-8H,9H2,1H3,(H,19,21)(H,24,25). The van der Waals surface area contributed by atoms with Gasteiger partial charge in [-0.15, -0.1) is 0 Å². The predicted octanol–water partition coefficient (Wildman–Crippen LogP) is 1.93. The van der Waals surface area contributed by atoms with Gasteiger partial charge < -0.3 is 10.4 Å². The molecule has 3 rings (SSSR count). The lowest BCUT2D eigenvalue weighted by Crippen LogP contribution is -2.37. The molecule has 0 radical (unpaired) electrons. The molecule has 0 saturated heterocycles. The Morgan fingerprint density at radius 3 is 2.20 bits per heavy atom. The Hall–Kier alpha value is -3.48. The number of nitrogens with one attached hydrogen (secondary N) is 1. The number of benzene rings is 2. The van der Waals surface area contributed by atoms with Crippen LogP contribution in [0.4, 0.5) is 5.69 Å². The van der Waals surface area contributed by atoms with Gasteiger partial charge in [0, 0.05) is 5.69 Å². The Morgan fingerprint density at radius 1 is 1.04 bits per heavy atom. The van der Waals surface area contributed by atoms with Crippen LogP contribution in [0.5, 0.6) is 0 Å². The number of carboxylic acids is 1. The van der Waals surface area contributed by atoms with E-state index in [-0.39, 0.29) is 16.7 Å². The summed E-state index contributed by atoms with van der Waals surface area (Å²) >= 11 is 0. The summed E-state index contributed by atoms with van der Waals surface area (Å²) in [5, 5.41) is 11.6. The number of carbonyl (C=O) groups is 4. The van der Waals surface area contributed by atoms with Crippen LogP contribution < -0.4 is 5.32 Å². The van der Waals surface area contributed by atoms with Crippen molar-refractivity contribution in [2.75, 3.05) is 11.9 Å². The minimum Gasteiger partial charge on any atom is -0.478 e. The van der Waals surface area contributed by atoms with E-state index in [2.05, 4.69) is 5.32 Å². The number of hydrogen-bond donors (Lipinski definition) is 2. The number of imide groups is 1. The van der Waals surface area contributed by atoms with E-state index in [9.17, 15) is 19.2 Å². The van der Waals surface area contributed by atoms with Crippen molar-refractivity contribution in [3.63, 3.8) is 0 Å². The van der Waals surface area contributed by atoms with Crippen molar-refractivity contribution >= 4 is 29.4 Å². The van der Waals surface area contributed by atoms with E-state index in [4.69, 9.17) is 5.11 Å². The monoisotopic (exact) mass is 338 g/mol. The van der Waals surface area contributed by atoms with Crippen molar-refractivity contribution in [1.82, 2.24) is 4.90 Å². The molecule has 0 atom stereocenters. The maximum Gasteiger partial charge on any atom is 0.335 e. The normalized spacial score (nSPS) is 12.9. The molecule has 0 fully saturated rings. The second-order valence-electron chi connectivity index (χ2n) is 5.63. The maximum atomic E-state index is 12.3. The summed E-state index contributed by atoms with van der Waals surface area (Å²) in [4.78, 5) is 48.6. The lowest BCUT2D eigenvalue weighted by Gasteiger charge is -2.15. The Balaban J connectivity index is 1.76. The van der Waals surface area contributed by atoms with E-state index in [1.54, 1.807) is 25.1 Å². The number of rotatable bonds is 4. The smallest absolute Gasteiger partial charge is 0.335 e. The van der Waals surface area contributed by atoms with Crippen molar-refractivity contribution in [3.05, 3.63) is 64.7 Å². The van der Waals surface area contributed by atoms with Crippen LogP contribution in [0.2, 0.25) is 0 Å². The lowest BCUT2D eigenvalue weighted by molar-refractivity contribution is -0.116. The summed E-state index contributed by atoms with van der Waals surface area (Å²) in [7, 11) is 0. The van der Waals surface area contributed by atoms with Crippen LogP contribution in [0.25, 0.3) is 0 Å². The predicted molar refractivity (Wildman–Crippen MR) is 88.6 cm³/mol. The third-order valence-corrected chi connectivity index (χ3v) is 3.94. The van der Waals surface area contributed by atoms with Gasteiger partial charge in [-0.3, -0.25) is 19.3 Å². The van der Waals surface area contributed by atoms with Crippen molar-refractivity contribution < 1.29 is 24.3 Å². The molecule has 7 nitrogen and oxygen atoms in total. The van der Waals surface area contributed by atoms with Crippen LogP contribution >= 0.6 is 0 Å². The molecule has 1 aliphatic rings. The third-order valence-electron chi connectivity index (χ3n) is 3.94. The SMILES string of the molecule is Cc1ccc(C(=O)O)cc1NC(=O)CN1C(=O)c2ccccc2C1=O. The van der Waals surface area contributed by atoms with Crippen LogP contribution in [0.1, 0.15) is 36.6 Å². The number of nitrogens with zero attached hydrogens (tertiary/aromatic N) is 1. The average Bonchev–Trinajstić information content (AvgIpc) is 2.82. The van der Waals surface area contributed by atoms with Crippen molar-refractivity contribution in [1.29, 1.82) is 0 Å². The quantitative estimate of drug-likeness (QED) is 0.829. The molecule has 126 valence electrons. The summed E-state index contributed by atoms with van der Waals surface area (Å²) in [6.07, 6.45) is 0. The number of anilines is 1. The van der Waals surface area contributed by atoms with Gasteiger partial charge in [0.25, 0.3) is 11.8 Å². The molecule has 0 aromatic heterocycles. The molecule has 0 aliphatic carbocycles. The van der Waals surface area contributed by atoms with Gasteiger partial charge >= 0.3 is 5.97 Å². The van der Waals surface area contributed by atoms with Gasteiger partial charge in [0.15, 0.2) is 0 Å². The molecule has 0 unspecified atom stereocenters. The zero-order valence-electron chi connectivity index (χ0n) is 13.3. The number of amides is 3. The molecule has 1 aliphatic heterocycles. The summed E-state index contributed by atoms with van der Waals surface area (Å²) in [5.74, 6) is -2.74. The lowest BCUT2D eigenvalue weighted by atomic mass is 10.1. The van der Waals surface area contributed by atoms with Crippen LogP contribution in [0.3, 0.4) is 0 Å². The molecule has 1 heterocycles. The van der Waals surface area contributed by atoms with Crippen LogP contribution in [0.15, 0.2) is 42.5 Å². The molecule has 2 aromatic carbocycles. The largest absolute Gasteiger partial charge is 0.478 e. The number of fused-ring (bicyclic) bond motifs is 1. The highest BCUT2D eigenvalue weighted by Crippen LogP contribution is 2.22. The molecule has 3 amide bonds. The fourth-order valence-corrected chi connectivity index (χ4v) is 2.61. The van der Waals surface area contributed by atoms with E-state index in [0.717, 1.165) is 4.90 Å². The fourth-order valence-electron chi connectivity index (χ4n) is 2.61. The minimum atomic E-state index is -1.11. The van der Waals surface area contributed by atoms with Gasteiger partial charge in [-0.1, -0.05) is 18.2 Å². The maximum absolute atomic E-state index is 12.3. The van der Waals surface area contributed by atoms with Crippen LogP contribution in [-0.4, -0.2) is 40.2 Å². The van der Waals surface area contributed by atoms with E-state index >= 15 is 0 Å². The van der Waals surface area contributed by atoms with E-state index < -0.39 is 30.2 Å². The first-order valence-electron chi connectivity index (χ1n) is 7.47. The van der Waals surface area contributed by atoms with E-state index in [1.165, 1.54) is 24.3 Å². The number of carboxylic acid groups (broad SMARTS) is 1. The molecule has 25 heavy (non-hydrogen) atoms. The molecule has 2 N–H and O–H groups in total. The molecule has 0 spiro atoms. The van der Waals surface area contributed by atoms with Crippen LogP contribution in [0, 0.1) is 6.92 Å². The first kappa shape index (κ1) is 16.4. The summed E-state index contributed by atoms with van der Waals surface area (Å²) in [6.45, 7) is 1.27. The molecule has 2 aromatic rings. The van der Waals surface area contributed by atoms with Crippen molar-refractivity contribution in [2.45, 2.75) is 6.92 Å². The van der Waals surface area contributed by atoms with Gasteiger partial charge in [0.2, 0.25) is 5.91 Å². The second-order valence-corrected chi connectivity index (χ2v) is 5.63. The summed E-state index contributed by atoms with van der Waals surface area (Å²) < 4.78 is 0. The highest BCUT2D eigenvalue weighted by molar-refractivity contribution is 6.22. The first-order valence-corrected chi connectivity index (χ1v) is 7.47. The minimum absolute atomic E-state index is 0.0293. The third kappa shape index (κ3) is 2.99. The topological polar surface area (TPSA) is 104 Å². The number of carbonyl (C=O) groups excluding carboxylic acids is 3. The summed E-state index contributed by atoms with van der Waals surface area (Å²) in [5.41, 5.74) is 1.55. The van der Waals surface area contributed by atoms with Gasteiger partial charge in [-0.2, -0.15) is 0 Å². The van der Waals surface area contributed by atoms with Gasteiger partial charge in [0.1, 0.15) is 6.54 Å². The highest BCUT2D eigenvalue weighted by Gasteiger charge is 2.36. The highest BCUT2D eigenvalue weighted by atomic mass is 16.4. The number of hydrogen-bond acceptors (Lipinski definition) is 4. The Morgan fingerprint density at radius 2 is 1.64 bits per heavy atom. The zero-order chi connectivity index (χ0) is 18.1. The zero-order valence-corrected chi connectivity index (χ0v) is 13.3. The molecular weight excluding hydrogens is 324 g/mol. The fraction of sp³-hybridized carbons (Fsp3) is 0.111. The van der Waals surface area contributed by atoms with Crippen LogP contribution in [-0.2, 0) is 4.79 Å². The Kier molecular flexibility index (Phi) is 4.06. The average molecular weight is 338 g/mol. The molecule has 0 bridgehead atoms. The van der Waals surface area contributed by atoms with Gasteiger partial charge in [0.05, 0.1) is 16.7 Å². The second kappa shape index (κ2) is 6.20. The van der Waals surface area contributed by atoms with E-state index in [0.29, 0.717) is 11.3 Å². The van der Waals surface area contributed by atoms with Gasteiger partial charge in [-0.25, -0.2) is 4.79 Å². The first-order chi connectivity index (χ1) is 11.9. The molecule has 0 saturated carbocycles. The molecule has 7 heteroatoms. The Bertz CT molecular complexity index is 884. The number of aryl methyl sites for hydroxylation is 1. The number of aromatic carboxylic acids is 1. The summed E-state index contributed by atoms with van der Waals surface area (Å²) in [6, 6.07) is 10.7. The molecular formula is C18H14N2O5. The van der Waals surface area contributed by atoms with Gasteiger partial charge in [-0.05, 0) is 36.8 Å². The Labute approximate surface area is 142 Å². The van der Waals surface area contributed by atoms with Crippen molar-refractivity contribution in [2.24, 2.45) is 0 Å². The van der Waals surface area contributed by atoms with E-state index in [1.807, 2.05) is 0 Å². The van der Waals surface area contributed by atoms with Crippen molar-refractivity contribution in [3.8, 4) is 0 Å².